The zero-order valence-electron chi connectivity index (χ0n) is 12.4. The highest BCUT2D eigenvalue weighted by molar-refractivity contribution is 5.39. The van der Waals surface area contributed by atoms with Crippen LogP contribution in [0, 0.1) is 5.92 Å². The van der Waals surface area contributed by atoms with E-state index in [0.717, 1.165) is 39.1 Å². The van der Waals surface area contributed by atoms with Crippen molar-refractivity contribution >= 4 is 11.9 Å². The topological polar surface area (TPSA) is 72.4 Å². The van der Waals surface area contributed by atoms with Crippen LogP contribution in [0.15, 0.2) is 0 Å². The van der Waals surface area contributed by atoms with Crippen molar-refractivity contribution in [3.05, 3.63) is 0 Å². The van der Waals surface area contributed by atoms with Crippen LogP contribution in [0.25, 0.3) is 0 Å². The average molecular weight is 281 g/mol. The minimum atomic E-state index is 0.351. The standard InChI is InChI=1S/C13H23N5O2/c1-4-6-14-11-15-12(17-13(16-11)20-3)18-7-5-10(8-18)9-19-2/h10H,4-9H2,1-3H3,(H,14,15,16,17). The summed E-state index contributed by atoms with van der Waals surface area (Å²) >= 11 is 0. The summed E-state index contributed by atoms with van der Waals surface area (Å²) in [7, 11) is 3.31. The van der Waals surface area contributed by atoms with Gasteiger partial charge in [0, 0.05) is 32.7 Å². The van der Waals surface area contributed by atoms with E-state index in [1.54, 1.807) is 14.2 Å². The average Bonchev–Trinajstić information content (AvgIpc) is 2.94. The van der Waals surface area contributed by atoms with Crippen LogP contribution in [-0.2, 0) is 4.74 Å². The van der Waals surface area contributed by atoms with Crippen molar-refractivity contribution in [3.8, 4) is 6.01 Å². The summed E-state index contributed by atoms with van der Waals surface area (Å²) in [5.74, 6) is 1.78. The molecule has 0 spiro atoms. The van der Waals surface area contributed by atoms with Gasteiger partial charge in [0.2, 0.25) is 11.9 Å². The lowest BCUT2D eigenvalue weighted by atomic mass is 10.1. The Morgan fingerprint density at radius 2 is 2.15 bits per heavy atom. The number of hydrogen-bond acceptors (Lipinski definition) is 7. The molecule has 1 aromatic rings. The first-order valence-electron chi connectivity index (χ1n) is 7.04. The molecule has 1 aromatic heterocycles. The third-order valence-electron chi connectivity index (χ3n) is 3.29. The van der Waals surface area contributed by atoms with Crippen LogP contribution < -0.4 is 15.0 Å². The Kier molecular flexibility index (Phi) is 5.34. The summed E-state index contributed by atoms with van der Waals surface area (Å²) in [4.78, 5) is 15.2. The Balaban J connectivity index is 2.10. The van der Waals surface area contributed by atoms with E-state index in [4.69, 9.17) is 9.47 Å². The minimum absolute atomic E-state index is 0.351. The predicted molar refractivity (Wildman–Crippen MR) is 77.4 cm³/mol. The van der Waals surface area contributed by atoms with Gasteiger partial charge in [-0.15, -0.1) is 0 Å². The highest BCUT2D eigenvalue weighted by Gasteiger charge is 2.25. The molecule has 1 atom stereocenters. The zero-order chi connectivity index (χ0) is 14.4. The summed E-state index contributed by atoms with van der Waals surface area (Å²) in [6.07, 6.45) is 2.11. The normalized spacial score (nSPS) is 18.4. The number of hydrogen-bond donors (Lipinski definition) is 1. The maximum absolute atomic E-state index is 5.21. The quantitative estimate of drug-likeness (QED) is 0.804. The molecule has 0 aromatic carbocycles. The van der Waals surface area contributed by atoms with Gasteiger partial charge in [-0.3, -0.25) is 0 Å². The molecule has 2 heterocycles. The first kappa shape index (κ1) is 14.8. The van der Waals surface area contributed by atoms with Crippen molar-refractivity contribution in [3.63, 3.8) is 0 Å². The molecule has 7 heteroatoms. The van der Waals surface area contributed by atoms with Crippen molar-refractivity contribution < 1.29 is 9.47 Å². The molecule has 0 radical (unpaired) electrons. The molecule has 1 N–H and O–H groups in total. The van der Waals surface area contributed by atoms with Gasteiger partial charge in [-0.25, -0.2) is 0 Å². The van der Waals surface area contributed by atoms with Gasteiger partial charge in [0.1, 0.15) is 0 Å². The maximum atomic E-state index is 5.21. The van der Waals surface area contributed by atoms with Crippen LogP contribution in [0.3, 0.4) is 0 Å². The molecule has 112 valence electrons. The summed E-state index contributed by atoms with van der Waals surface area (Å²) in [5.41, 5.74) is 0. The van der Waals surface area contributed by atoms with Crippen molar-refractivity contribution in [2.24, 2.45) is 5.92 Å². The molecule has 20 heavy (non-hydrogen) atoms. The van der Waals surface area contributed by atoms with E-state index in [9.17, 15) is 0 Å². The molecule has 1 saturated heterocycles. The lowest BCUT2D eigenvalue weighted by Gasteiger charge is -2.17. The largest absolute Gasteiger partial charge is 0.467 e. The van der Waals surface area contributed by atoms with E-state index in [-0.39, 0.29) is 0 Å². The molecule has 7 nitrogen and oxygen atoms in total. The number of methoxy groups -OCH3 is 2. The highest BCUT2D eigenvalue weighted by atomic mass is 16.5. The van der Waals surface area contributed by atoms with Crippen molar-refractivity contribution in [2.45, 2.75) is 19.8 Å². The number of anilines is 2. The Hall–Kier alpha value is -1.63. The van der Waals surface area contributed by atoms with E-state index in [1.807, 2.05) is 0 Å². The minimum Gasteiger partial charge on any atom is -0.467 e. The Bertz CT molecular complexity index is 429. The lowest BCUT2D eigenvalue weighted by molar-refractivity contribution is 0.161. The zero-order valence-corrected chi connectivity index (χ0v) is 12.4. The number of nitrogens with zero attached hydrogens (tertiary/aromatic N) is 4. The van der Waals surface area contributed by atoms with Gasteiger partial charge >= 0.3 is 6.01 Å². The van der Waals surface area contributed by atoms with Crippen LogP contribution >= 0.6 is 0 Å². The first-order valence-corrected chi connectivity index (χ1v) is 7.04. The number of nitrogens with one attached hydrogen (secondary N) is 1. The molecule has 0 aliphatic carbocycles. The highest BCUT2D eigenvalue weighted by Crippen LogP contribution is 2.23. The summed E-state index contributed by atoms with van der Waals surface area (Å²) < 4.78 is 10.4. The molecule has 0 bridgehead atoms. The Morgan fingerprint density at radius 3 is 2.85 bits per heavy atom. The fourth-order valence-electron chi connectivity index (χ4n) is 2.28. The van der Waals surface area contributed by atoms with E-state index in [1.165, 1.54) is 0 Å². The monoisotopic (exact) mass is 281 g/mol. The number of aromatic nitrogens is 3. The third-order valence-corrected chi connectivity index (χ3v) is 3.29. The SMILES string of the molecule is CCCNc1nc(OC)nc(N2CCC(COC)C2)n1. The molecule has 0 saturated carbocycles. The molecule has 0 amide bonds. The van der Waals surface area contributed by atoms with Crippen LogP contribution in [-0.4, -0.2) is 55.4 Å². The molecular weight excluding hydrogens is 258 g/mol. The number of rotatable bonds is 7. The van der Waals surface area contributed by atoms with E-state index < -0.39 is 0 Å². The molecule has 1 fully saturated rings. The van der Waals surface area contributed by atoms with Gasteiger partial charge in [-0.1, -0.05) is 6.92 Å². The first-order chi connectivity index (χ1) is 9.76. The van der Waals surface area contributed by atoms with Gasteiger partial charge in [0.05, 0.1) is 13.7 Å². The lowest BCUT2D eigenvalue weighted by Crippen LogP contribution is -2.24. The van der Waals surface area contributed by atoms with Gasteiger partial charge in [-0.2, -0.15) is 15.0 Å². The molecule has 1 aliphatic rings. The summed E-state index contributed by atoms with van der Waals surface area (Å²) in [6, 6.07) is 0.351. The molecule has 2 rings (SSSR count). The van der Waals surface area contributed by atoms with Gasteiger partial charge in [0.25, 0.3) is 0 Å². The fraction of sp³-hybridized carbons (Fsp3) is 0.769. The van der Waals surface area contributed by atoms with Crippen molar-refractivity contribution in [2.75, 3.05) is 50.7 Å². The second-order valence-corrected chi connectivity index (χ2v) is 4.93. The number of ether oxygens (including phenoxy) is 2. The smallest absolute Gasteiger partial charge is 0.322 e. The maximum Gasteiger partial charge on any atom is 0.322 e. The Labute approximate surface area is 119 Å². The second kappa shape index (κ2) is 7.23. The van der Waals surface area contributed by atoms with E-state index in [2.05, 4.69) is 32.1 Å². The molecule has 1 unspecified atom stereocenters. The van der Waals surface area contributed by atoms with Crippen molar-refractivity contribution in [1.82, 2.24) is 15.0 Å². The van der Waals surface area contributed by atoms with Crippen LogP contribution in [0.5, 0.6) is 6.01 Å². The molecular formula is C13H23N5O2. The second-order valence-electron chi connectivity index (χ2n) is 4.93. The van der Waals surface area contributed by atoms with Crippen LogP contribution in [0.2, 0.25) is 0 Å². The van der Waals surface area contributed by atoms with Crippen molar-refractivity contribution in [1.29, 1.82) is 0 Å². The fourth-order valence-corrected chi connectivity index (χ4v) is 2.28. The van der Waals surface area contributed by atoms with Crippen LogP contribution in [0.1, 0.15) is 19.8 Å². The van der Waals surface area contributed by atoms with E-state index >= 15 is 0 Å². The molecule has 1 aliphatic heterocycles. The van der Waals surface area contributed by atoms with Gasteiger partial charge in [-0.05, 0) is 12.8 Å². The predicted octanol–water partition coefficient (Wildman–Crippen LogP) is 1.17. The third kappa shape index (κ3) is 3.69. The van der Waals surface area contributed by atoms with Gasteiger partial charge in [0.15, 0.2) is 0 Å². The summed E-state index contributed by atoms with van der Waals surface area (Å²) in [5, 5.41) is 3.18. The van der Waals surface area contributed by atoms with Gasteiger partial charge < -0.3 is 19.7 Å². The van der Waals surface area contributed by atoms with Crippen LogP contribution in [0.4, 0.5) is 11.9 Å². The summed E-state index contributed by atoms with van der Waals surface area (Å²) in [6.45, 7) is 5.56. The Morgan fingerprint density at radius 1 is 1.30 bits per heavy atom. The van der Waals surface area contributed by atoms with E-state index in [0.29, 0.717) is 23.8 Å².